The zero-order chi connectivity index (χ0) is 20.4. The molecule has 1 aromatic heterocycles. The van der Waals surface area contributed by atoms with Gasteiger partial charge >= 0.3 is 5.88 Å². The molecule has 1 aliphatic heterocycles. The molecular formula is C23H27N4O2+. The van der Waals surface area contributed by atoms with E-state index in [9.17, 15) is 5.11 Å². The molecule has 6 nitrogen and oxygen atoms in total. The number of hydrogen-bond donors (Lipinski definition) is 2. The van der Waals surface area contributed by atoms with Crippen molar-refractivity contribution < 1.29 is 14.4 Å². The number of nitrogen functional groups attached to an aromatic ring is 1. The number of nitrogens with zero attached hydrogens (tertiary/aromatic N) is 3. The van der Waals surface area contributed by atoms with Crippen LogP contribution in [0.15, 0.2) is 54.9 Å². The van der Waals surface area contributed by atoms with Crippen LogP contribution in [0.1, 0.15) is 36.5 Å². The first-order valence-corrected chi connectivity index (χ1v) is 10.1. The topological polar surface area (TPSA) is 75.5 Å². The number of fused-ring (bicyclic) bond motifs is 2. The second-order valence-electron chi connectivity index (χ2n) is 7.24. The summed E-state index contributed by atoms with van der Waals surface area (Å²) in [6, 6.07) is 15.4. The summed E-state index contributed by atoms with van der Waals surface area (Å²) in [4.78, 5) is 6.93. The van der Waals surface area contributed by atoms with Crippen LogP contribution in [0.25, 0.3) is 0 Å². The van der Waals surface area contributed by atoms with E-state index in [0.29, 0.717) is 17.4 Å². The van der Waals surface area contributed by atoms with Gasteiger partial charge in [-0.1, -0.05) is 55.2 Å². The van der Waals surface area contributed by atoms with Crippen molar-refractivity contribution >= 4 is 5.82 Å². The van der Waals surface area contributed by atoms with E-state index in [1.165, 1.54) is 0 Å². The van der Waals surface area contributed by atoms with E-state index in [2.05, 4.69) is 35.9 Å². The number of likely N-dealkylation sites (N-methyl/N-ethyl adjacent to an activating group) is 1. The summed E-state index contributed by atoms with van der Waals surface area (Å²) in [7, 11) is 0. The molecule has 150 valence electrons. The lowest BCUT2D eigenvalue weighted by Gasteiger charge is -2.27. The molecule has 0 bridgehead atoms. The Kier molecular flexibility index (Phi) is 5.36. The van der Waals surface area contributed by atoms with E-state index < -0.39 is 0 Å². The summed E-state index contributed by atoms with van der Waals surface area (Å²) in [6.07, 6.45) is 1.74. The Morgan fingerprint density at radius 1 is 1.14 bits per heavy atom. The molecule has 29 heavy (non-hydrogen) atoms. The standard InChI is InChI=1S/C23H26N4O2/c1-3-26(4-2)12-13-27-15-25-23-21(22(27)24)20(16-8-6-5-7-9-16)18-11-10-17(28)14-19(18)29-23/h5-11,14-15,20,24,28H,3-4,12-13H2,1-2H3/p+1/t20-/m0/s1. The van der Waals surface area contributed by atoms with Crippen LogP contribution in [0.4, 0.5) is 5.82 Å². The van der Waals surface area contributed by atoms with Gasteiger partial charge in [-0.2, -0.15) is 0 Å². The predicted molar refractivity (Wildman–Crippen MR) is 112 cm³/mol. The summed E-state index contributed by atoms with van der Waals surface area (Å²) in [5.74, 6) is 1.82. The highest BCUT2D eigenvalue weighted by Gasteiger charge is 2.36. The fraction of sp³-hybridized carbons (Fsp3) is 0.304. The Bertz CT molecular complexity index is 1000. The van der Waals surface area contributed by atoms with Crippen LogP contribution in [0, 0.1) is 0 Å². The minimum atomic E-state index is -0.107. The van der Waals surface area contributed by atoms with Crippen LogP contribution in [-0.4, -0.2) is 34.6 Å². The largest absolute Gasteiger partial charge is 0.508 e. The molecule has 2 heterocycles. The second-order valence-corrected chi connectivity index (χ2v) is 7.24. The zero-order valence-electron chi connectivity index (χ0n) is 16.9. The molecule has 6 heteroatoms. The molecule has 0 amide bonds. The van der Waals surface area contributed by atoms with Crippen molar-refractivity contribution in [3.8, 4) is 17.4 Å². The van der Waals surface area contributed by atoms with E-state index in [1.54, 1.807) is 18.5 Å². The molecule has 0 radical (unpaired) electrons. The summed E-state index contributed by atoms with van der Waals surface area (Å²) in [5, 5.41) is 9.93. The molecular weight excluding hydrogens is 364 g/mol. The summed E-state index contributed by atoms with van der Waals surface area (Å²) < 4.78 is 8.04. The van der Waals surface area contributed by atoms with Gasteiger partial charge in [-0.15, -0.1) is 0 Å². The third-order valence-electron chi connectivity index (χ3n) is 5.62. The number of aromatic hydroxyl groups is 1. The highest BCUT2D eigenvalue weighted by molar-refractivity contribution is 5.62. The number of phenols is 1. The van der Waals surface area contributed by atoms with Crippen LogP contribution < -0.4 is 15.0 Å². The van der Waals surface area contributed by atoms with Crippen molar-refractivity contribution in [3.63, 3.8) is 0 Å². The van der Waals surface area contributed by atoms with E-state index in [1.807, 2.05) is 28.8 Å². The number of hydrogen-bond acceptors (Lipinski definition) is 5. The molecule has 3 aromatic rings. The Labute approximate surface area is 171 Å². The number of anilines is 1. The quantitative estimate of drug-likeness (QED) is 0.493. The zero-order valence-corrected chi connectivity index (χ0v) is 16.9. The smallest absolute Gasteiger partial charge is 0.306 e. The fourth-order valence-electron chi connectivity index (χ4n) is 3.94. The minimum Gasteiger partial charge on any atom is -0.508 e. The molecule has 1 atom stereocenters. The van der Waals surface area contributed by atoms with Crippen molar-refractivity contribution in [2.45, 2.75) is 26.3 Å². The molecule has 4 rings (SSSR count). The first kappa shape index (κ1) is 19.2. The normalized spacial score (nSPS) is 14.9. The van der Waals surface area contributed by atoms with Crippen LogP contribution in [0.5, 0.6) is 17.4 Å². The average molecular weight is 391 g/mol. The third kappa shape index (κ3) is 3.63. The van der Waals surface area contributed by atoms with Gasteiger partial charge in [0.05, 0.1) is 12.5 Å². The molecule has 3 N–H and O–H groups in total. The van der Waals surface area contributed by atoms with Gasteiger partial charge < -0.3 is 20.5 Å². The van der Waals surface area contributed by atoms with Gasteiger partial charge in [0.2, 0.25) is 12.1 Å². The van der Waals surface area contributed by atoms with Gasteiger partial charge in [0, 0.05) is 18.2 Å². The van der Waals surface area contributed by atoms with E-state index in [4.69, 9.17) is 10.5 Å². The maximum absolute atomic E-state index is 9.93. The number of benzene rings is 2. The molecule has 0 spiro atoms. The molecule has 0 aliphatic carbocycles. The predicted octanol–water partition coefficient (Wildman–Crippen LogP) is 3.28. The Hall–Kier alpha value is -3.12. The van der Waals surface area contributed by atoms with Gasteiger partial charge in [-0.05, 0) is 24.7 Å². The first-order valence-electron chi connectivity index (χ1n) is 10.1. The van der Waals surface area contributed by atoms with Gasteiger partial charge in [0.25, 0.3) is 0 Å². The Balaban J connectivity index is 1.81. The lowest BCUT2D eigenvalue weighted by Crippen LogP contribution is -2.44. The van der Waals surface area contributed by atoms with Crippen LogP contribution in [-0.2, 0) is 6.54 Å². The lowest BCUT2D eigenvalue weighted by atomic mass is 9.83. The van der Waals surface area contributed by atoms with Gasteiger partial charge in [0.1, 0.15) is 17.1 Å². The van der Waals surface area contributed by atoms with Crippen LogP contribution in [0.2, 0.25) is 0 Å². The van der Waals surface area contributed by atoms with Crippen LogP contribution >= 0.6 is 0 Å². The SMILES string of the molecule is CCN(CC)CC[n+]1cnc2c(c1N)[C@@H](c1ccccc1)c1ccc(O)cc1O2. The van der Waals surface area contributed by atoms with Crippen molar-refractivity contribution in [3.05, 3.63) is 71.5 Å². The highest BCUT2D eigenvalue weighted by atomic mass is 16.5. The van der Waals surface area contributed by atoms with E-state index in [0.717, 1.165) is 42.9 Å². The average Bonchev–Trinajstić information content (AvgIpc) is 2.75. The highest BCUT2D eigenvalue weighted by Crippen LogP contribution is 2.48. The number of rotatable bonds is 6. The third-order valence-corrected chi connectivity index (χ3v) is 5.62. The first-order chi connectivity index (χ1) is 14.1. The van der Waals surface area contributed by atoms with E-state index in [-0.39, 0.29) is 11.7 Å². The number of phenolic OH excluding ortho intramolecular Hbond substituents is 1. The number of nitrogens with two attached hydrogens (primary N) is 1. The van der Waals surface area contributed by atoms with Crippen molar-refractivity contribution in [1.29, 1.82) is 0 Å². The second kappa shape index (κ2) is 8.09. The summed E-state index contributed by atoms with van der Waals surface area (Å²) >= 11 is 0. The van der Waals surface area contributed by atoms with Crippen molar-refractivity contribution in [2.24, 2.45) is 0 Å². The molecule has 1 aliphatic rings. The molecule has 0 saturated heterocycles. The minimum absolute atomic E-state index is 0.107. The van der Waals surface area contributed by atoms with Gasteiger partial charge in [-0.3, -0.25) is 0 Å². The number of ether oxygens (including phenoxy) is 1. The molecule has 2 aromatic carbocycles. The maximum Gasteiger partial charge on any atom is 0.306 e. The Morgan fingerprint density at radius 2 is 1.90 bits per heavy atom. The summed E-state index contributed by atoms with van der Waals surface area (Å²) in [5.41, 5.74) is 9.61. The monoisotopic (exact) mass is 391 g/mol. The molecule has 0 saturated carbocycles. The van der Waals surface area contributed by atoms with Crippen molar-refractivity contribution in [1.82, 2.24) is 9.88 Å². The van der Waals surface area contributed by atoms with Crippen molar-refractivity contribution in [2.75, 3.05) is 25.4 Å². The Morgan fingerprint density at radius 3 is 2.62 bits per heavy atom. The van der Waals surface area contributed by atoms with Crippen LogP contribution in [0.3, 0.4) is 0 Å². The summed E-state index contributed by atoms with van der Waals surface area (Å²) in [6.45, 7) is 7.99. The lowest BCUT2D eigenvalue weighted by molar-refractivity contribution is -0.685. The maximum atomic E-state index is 9.93. The number of aromatic nitrogens is 2. The van der Waals surface area contributed by atoms with E-state index >= 15 is 0 Å². The molecule has 0 unspecified atom stereocenters. The van der Waals surface area contributed by atoms with Gasteiger partial charge in [-0.25, -0.2) is 4.57 Å². The van der Waals surface area contributed by atoms with Gasteiger partial charge in [0.15, 0.2) is 0 Å². The fourth-order valence-corrected chi connectivity index (χ4v) is 3.94. The molecule has 0 fully saturated rings.